The Labute approximate surface area is 153 Å². The molecule has 0 spiro atoms. The van der Waals surface area contributed by atoms with Crippen LogP contribution in [0.25, 0.3) is 0 Å². The summed E-state index contributed by atoms with van der Waals surface area (Å²) in [6.07, 6.45) is 1.55. The molecule has 0 bridgehead atoms. The van der Waals surface area contributed by atoms with Gasteiger partial charge in [-0.1, -0.05) is 12.2 Å². The largest absolute Gasteiger partial charge is 0.467 e. The van der Waals surface area contributed by atoms with E-state index in [1.54, 1.807) is 39.8 Å². The fraction of sp³-hybridized carbons (Fsp3) is 0.722. The Hall–Kier alpha value is -1.93. The van der Waals surface area contributed by atoms with Crippen molar-refractivity contribution in [3.8, 4) is 0 Å². The van der Waals surface area contributed by atoms with Gasteiger partial charge in [-0.15, -0.1) is 0 Å². The molecule has 26 heavy (non-hydrogen) atoms. The highest BCUT2D eigenvalue weighted by molar-refractivity contribution is 5.99. The molecule has 0 radical (unpaired) electrons. The summed E-state index contributed by atoms with van der Waals surface area (Å²) in [5.74, 6) is -2.86. The molecule has 1 aliphatic heterocycles. The quantitative estimate of drug-likeness (QED) is 0.275. The first kappa shape index (κ1) is 22.1. The van der Waals surface area contributed by atoms with E-state index in [2.05, 4.69) is 0 Å². The Balaban J connectivity index is 2.94. The van der Waals surface area contributed by atoms with Crippen LogP contribution in [-0.2, 0) is 38.1 Å². The summed E-state index contributed by atoms with van der Waals surface area (Å²) in [6.45, 7) is 8.43. The van der Waals surface area contributed by atoms with Gasteiger partial charge in [-0.05, 0) is 41.0 Å². The molecule has 0 aromatic carbocycles. The van der Waals surface area contributed by atoms with E-state index in [4.69, 9.17) is 23.7 Å². The third-order valence-corrected chi connectivity index (χ3v) is 3.87. The average molecular weight is 372 g/mol. The first-order chi connectivity index (χ1) is 12.1. The van der Waals surface area contributed by atoms with Crippen LogP contribution in [0, 0.1) is 5.41 Å². The van der Waals surface area contributed by atoms with Gasteiger partial charge in [0.05, 0.1) is 20.3 Å². The van der Waals surface area contributed by atoms with Crippen LogP contribution < -0.4 is 0 Å². The number of hydrogen-bond donors (Lipinski definition) is 0. The summed E-state index contributed by atoms with van der Waals surface area (Å²) in [4.78, 5) is 36.3. The molecular weight excluding hydrogens is 344 g/mol. The fourth-order valence-corrected chi connectivity index (χ4v) is 2.50. The van der Waals surface area contributed by atoms with Crippen LogP contribution in [0.2, 0.25) is 0 Å². The van der Waals surface area contributed by atoms with Gasteiger partial charge in [0.1, 0.15) is 6.10 Å². The molecule has 1 rings (SSSR count). The van der Waals surface area contributed by atoms with Crippen LogP contribution in [0.1, 0.15) is 41.0 Å². The van der Waals surface area contributed by atoms with E-state index in [1.807, 2.05) is 0 Å². The monoisotopic (exact) mass is 372 g/mol. The fourth-order valence-electron chi connectivity index (χ4n) is 2.50. The number of ether oxygens (including phenoxy) is 5. The Morgan fingerprint density at radius 2 is 1.62 bits per heavy atom. The molecule has 0 N–H and O–H groups in total. The molecule has 0 aromatic heterocycles. The maximum Gasteiger partial charge on any atom is 0.338 e. The number of methoxy groups -OCH3 is 1. The second kappa shape index (κ2) is 9.14. The minimum Gasteiger partial charge on any atom is -0.467 e. The summed E-state index contributed by atoms with van der Waals surface area (Å²) < 4.78 is 25.9. The van der Waals surface area contributed by atoms with Gasteiger partial charge < -0.3 is 23.7 Å². The Bertz CT molecular complexity index is 533. The summed E-state index contributed by atoms with van der Waals surface area (Å²) in [5, 5.41) is 0. The lowest BCUT2D eigenvalue weighted by Gasteiger charge is -2.23. The van der Waals surface area contributed by atoms with E-state index in [9.17, 15) is 14.4 Å². The second-order valence-corrected chi connectivity index (χ2v) is 6.45. The molecule has 148 valence electrons. The SMILES string of the molecule is CCOC(=O)C(C)(C/C=C/[C@H]1OC(C)(C)O[C@H]1C(=O)OC)C(=O)OCC. The molecule has 0 aliphatic carbocycles. The standard InChI is InChI=1S/C18H28O8/c1-7-23-15(20)18(5,16(21)24-8-2)11-9-10-12-13(14(19)22-6)26-17(3,4)25-12/h9-10,12-13H,7-8,11H2,1-6H3/b10-9+/t12-,13-/m1/s1. The zero-order valence-corrected chi connectivity index (χ0v) is 16.2. The van der Waals surface area contributed by atoms with Crippen molar-refractivity contribution >= 4 is 17.9 Å². The summed E-state index contributed by atoms with van der Waals surface area (Å²) in [6, 6.07) is 0. The molecule has 8 heteroatoms. The lowest BCUT2D eigenvalue weighted by molar-refractivity contribution is -0.170. The van der Waals surface area contributed by atoms with Crippen LogP contribution in [-0.4, -0.2) is 56.2 Å². The number of carbonyl (C=O) groups excluding carboxylic acids is 3. The predicted octanol–water partition coefficient (Wildman–Crippen LogP) is 1.76. The van der Waals surface area contributed by atoms with Crippen molar-refractivity contribution in [1.82, 2.24) is 0 Å². The van der Waals surface area contributed by atoms with Crippen LogP contribution in [0.3, 0.4) is 0 Å². The van der Waals surface area contributed by atoms with Crippen molar-refractivity contribution in [2.24, 2.45) is 5.41 Å². The van der Waals surface area contributed by atoms with Crippen LogP contribution in [0.5, 0.6) is 0 Å². The molecule has 8 nitrogen and oxygen atoms in total. The van der Waals surface area contributed by atoms with Crippen molar-refractivity contribution in [3.05, 3.63) is 12.2 Å². The molecule has 0 saturated carbocycles. The van der Waals surface area contributed by atoms with E-state index in [0.29, 0.717) is 0 Å². The van der Waals surface area contributed by atoms with Gasteiger partial charge in [-0.25, -0.2) is 4.79 Å². The van der Waals surface area contributed by atoms with Crippen LogP contribution >= 0.6 is 0 Å². The lowest BCUT2D eigenvalue weighted by atomic mass is 9.86. The zero-order valence-electron chi connectivity index (χ0n) is 16.2. The number of rotatable bonds is 8. The average Bonchev–Trinajstić information content (AvgIpc) is 2.89. The molecule has 0 amide bonds. The summed E-state index contributed by atoms with van der Waals surface area (Å²) in [7, 11) is 1.26. The Kier molecular flexibility index (Phi) is 7.77. The maximum atomic E-state index is 12.2. The highest BCUT2D eigenvalue weighted by Gasteiger charge is 2.46. The van der Waals surface area contributed by atoms with E-state index >= 15 is 0 Å². The summed E-state index contributed by atoms with van der Waals surface area (Å²) in [5.41, 5.74) is -1.49. The van der Waals surface area contributed by atoms with Gasteiger partial charge in [-0.3, -0.25) is 9.59 Å². The van der Waals surface area contributed by atoms with Crippen molar-refractivity contribution in [1.29, 1.82) is 0 Å². The zero-order chi connectivity index (χ0) is 20.0. The van der Waals surface area contributed by atoms with Crippen LogP contribution in [0.4, 0.5) is 0 Å². The van der Waals surface area contributed by atoms with Gasteiger partial charge in [0.15, 0.2) is 17.3 Å². The Morgan fingerprint density at radius 1 is 1.08 bits per heavy atom. The van der Waals surface area contributed by atoms with E-state index in [0.717, 1.165) is 0 Å². The number of allylic oxidation sites excluding steroid dienone is 1. The molecule has 1 heterocycles. The van der Waals surface area contributed by atoms with E-state index in [-0.39, 0.29) is 19.6 Å². The van der Waals surface area contributed by atoms with Crippen molar-refractivity contribution in [2.45, 2.75) is 59.0 Å². The van der Waals surface area contributed by atoms with Crippen LogP contribution in [0.15, 0.2) is 12.2 Å². The maximum absolute atomic E-state index is 12.2. The molecule has 1 saturated heterocycles. The molecule has 2 atom stereocenters. The van der Waals surface area contributed by atoms with E-state index < -0.39 is 41.3 Å². The third-order valence-electron chi connectivity index (χ3n) is 3.87. The van der Waals surface area contributed by atoms with Gasteiger partial charge in [0.2, 0.25) is 0 Å². The molecule has 0 unspecified atom stereocenters. The molecule has 1 fully saturated rings. The van der Waals surface area contributed by atoms with Crippen molar-refractivity contribution in [2.75, 3.05) is 20.3 Å². The minimum absolute atomic E-state index is 0.0266. The lowest BCUT2D eigenvalue weighted by Crippen LogP contribution is -2.39. The topological polar surface area (TPSA) is 97.4 Å². The van der Waals surface area contributed by atoms with Gasteiger partial charge >= 0.3 is 17.9 Å². The smallest absolute Gasteiger partial charge is 0.338 e. The first-order valence-corrected chi connectivity index (χ1v) is 8.55. The normalized spacial score (nSPS) is 22.2. The van der Waals surface area contributed by atoms with Gasteiger partial charge in [-0.2, -0.15) is 0 Å². The predicted molar refractivity (Wildman–Crippen MR) is 91.0 cm³/mol. The Morgan fingerprint density at radius 3 is 2.08 bits per heavy atom. The van der Waals surface area contributed by atoms with Crippen molar-refractivity contribution < 1.29 is 38.1 Å². The number of hydrogen-bond acceptors (Lipinski definition) is 8. The molecule has 1 aliphatic rings. The van der Waals surface area contributed by atoms with Gasteiger partial charge in [0.25, 0.3) is 0 Å². The first-order valence-electron chi connectivity index (χ1n) is 8.55. The highest BCUT2D eigenvalue weighted by Crippen LogP contribution is 2.31. The number of esters is 3. The highest BCUT2D eigenvalue weighted by atomic mass is 16.8. The summed E-state index contributed by atoms with van der Waals surface area (Å²) >= 11 is 0. The van der Waals surface area contributed by atoms with Crippen molar-refractivity contribution in [3.63, 3.8) is 0 Å². The molecule has 0 aromatic rings. The second-order valence-electron chi connectivity index (χ2n) is 6.45. The van der Waals surface area contributed by atoms with Gasteiger partial charge in [0, 0.05) is 0 Å². The molecular formula is C18H28O8. The number of carbonyl (C=O) groups is 3. The van der Waals surface area contributed by atoms with E-state index in [1.165, 1.54) is 14.0 Å². The third kappa shape index (κ3) is 5.28. The minimum atomic E-state index is -1.49.